The van der Waals surface area contributed by atoms with Gasteiger partial charge in [0.2, 0.25) is 0 Å². The Labute approximate surface area is 44.9 Å². The monoisotopic (exact) mass is 102 g/mol. The first-order valence-electron chi connectivity index (χ1n) is 3.44. The van der Waals surface area contributed by atoms with E-state index in [9.17, 15) is 0 Å². The first-order valence-corrected chi connectivity index (χ1v) is 2.44. The molecule has 0 amide bonds. The molecule has 2 nitrogen and oxygen atoms in total. The summed E-state index contributed by atoms with van der Waals surface area (Å²) < 4.78 is 19.4. The first kappa shape index (κ1) is 2.46. The van der Waals surface area contributed by atoms with E-state index in [1.54, 1.807) is 0 Å². The lowest BCUT2D eigenvalue weighted by molar-refractivity contribution is 0.129. The molecule has 2 heteroatoms. The van der Waals surface area contributed by atoms with Gasteiger partial charge >= 0.3 is 0 Å². The molecule has 2 rings (SSSR count). The summed E-state index contributed by atoms with van der Waals surface area (Å²) in [6.45, 7) is 0. The number of rotatable bonds is 0. The molecular weight excluding hydrogens is 92.1 g/mol. The van der Waals surface area contributed by atoms with E-state index in [1.165, 1.54) is 0 Å². The molecule has 1 unspecified atom stereocenters. The van der Waals surface area contributed by atoms with E-state index < -0.39 is 18.3 Å². The zero-order valence-corrected chi connectivity index (χ0v) is 3.85. The Morgan fingerprint density at radius 3 is 2.43 bits per heavy atom. The van der Waals surface area contributed by atoms with Crippen LogP contribution in [-0.2, 0) is 4.74 Å². The summed E-state index contributed by atoms with van der Waals surface area (Å²) in [7, 11) is 0. The predicted molar refractivity (Wildman–Crippen MR) is 23.9 cm³/mol. The molecule has 0 spiro atoms. The smallest absolute Gasteiger partial charge is 0.0867 e. The lowest BCUT2D eigenvalue weighted by Crippen LogP contribution is -2.02. The Balaban J connectivity index is 2.20. The summed E-state index contributed by atoms with van der Waals surface area (Å²) in [6.07, 6.45) is -2.01. The van der Waals surface area contributed by atoms with E-state index in [0.717, 1.165) is 0 Å². The third-order valence-electron chi connectivity index (χ3n) is 1.36. The Morgan fingerprint density at radius 1 is 1.57 bits per heavy atom. The van der Waals surface area contributed by atoms with Crippen LogP contribution in [0.3, 0.4) is 0 Å². The van der Waals surface area contributed by atoms with Crippen molar-refractivity contribution in [2.24, 2.45) is 0 Å². The second-order valence-corrected chi connectivity index (χ2v) is 2.01. The highest BCUT2D eigenvalue weighted by molar-refractivity contribution is 4.95. The van der Waals surface area contributed by atoms with Crippen molar-refractivity contribution in [3.63, 3.8) is 0 Å². The summed E-state index contributed by atoms with van der Waals surface area (Å²) >= 11 is 0. The van der Waals surface area contributed by atoms with Crippen molar-refractivity contribution in [2.75, 3.05) is 0 Å². The molecule has 0 aromatic heterocycles. The molecular formula is C5H8O2. The normalized spacial score (nSPS) is 82.1. The van der Waals surface area contributed by atoms with E-state index in [1.807, 2.05) is 0 Å². The average Bonchev–Trinajstić information content (AvgIpc) is 1.97. The van der Waals surface area contributed by atoms with Crippen LogP contribution in [0.2, 0.25) is 0 Å². The van der Waals surface area contributed by atoms with Crippen LogP contribution in [0.15, 0.2) is 0 Å². The van der Waals surface area contributed by atoms with Gasteiger partial charge in [-0.15, -0.1) is 0 Å². The minimum Gasteiger partial charge on any atom is -0.393 e. The van der Waals surface area contributed by atoms with E-state index in [2.05, 4.69) is 0 Å². The van der Waals surface area contributed by atoms with Crippen LogP contribution < -0.4 is 0 Å². The second-order valence-electron chi connectivity index (χ2n) is 2.01. The quantitative estimate of drug-likeness (QED) is 0.433. The molecule has 40 valence electrons. The molecule has 0 radical (unpaired) electrons. The van der Waals surface area contributed by atoms with Crippen molar-refractivity contribution >= 4 is 0 Å². The van der Waals surface area contributed by atoms with Gasteiger partial charge in [-0.2, -0.15) is 0 Å². The summed E-state index contributed by atoms with van der Waals surface area (Å²) in [5.74, 6) is 0. The summed E-state index contributed by atoms with van der Waals surface area (Å²) in [6, 6.07) is 0. The molecule has 1 N–H and O–H groups in total. The predicted octanol–water partition coefficient (Wildman–Crippen LogP) is -0.0915. The van der Waals surface area contributed by atoms with Crippen LogP contribution in [0.5, 0.6) is 0 Å². The average molecular weight is 102 g/mol. The van der Waals surface area contributed by atoms with Gasteiger partial charge in [0, 0.05) is 12.8 Å². The maximum absolute atomic E-state index is 8.94. The third kappa shape index (κ3) is 0.469. The molecule has 1 saturated heterocycles. The number of hydrogen-bond acceptors (Lipinski definition) is 2. The fourth-order valence-electron chi connectivity index (χ4n) is 0.934. The molecule has 2 fully saturated rings. The van der Waals surface area contributed by atoms with Gasteiger partial charge in [0.15, 0.2) is 0 Å². The minimum absolute atomic E-state index is 0.302. The van der Waals surface area contributed by atoms with Crippen LogP contribution in [0.1, 0.15) is 15.6 Å². The topological polar surface area (TPSA) is 32.8 Å². The number of epoxide rings is 1. The molecule has 0 aromatic carbocycles. The molecule has 2 aliphatic rings. The van der Waals surface area contributed by atoms with Crippen LogP contribution in [0, 0.1) is 0 Å². The Hall–Kier alpha value is -0.0800. The standard InChI is InChI=1S/C5H8O2/c6-3-1-4-5(2-3)7-4/h3-6H,1-2H2/t3?,4-,5+/i4D,5D. The maximum atomic E-state index is 8.94. The zero-order chi connectivity index (χ0) is 6.70. The van der Waals surface area contributed by atoms with Gasteiger partial charge in [-0.1, -0.05) is 0 Å². The van der Waals surface area contributed by atoms with Crippen molar-refractivity contribution < 1.29 is 12.6 Å². The molecule has 0 bridgehead atoms. The fraction of sp³-hybridized carbons (Fsp3) is 1.00. The molecule has 0 aromatic rings. The van der Waals surface area contributed by atoms with E-state index in [4.69, 9.17) is 12.6 Å². The number of fused-ring (bicyclic) bond motifs is 1. The van der Waals surface area contributed by atoms with Crippen LogP contribution in [0.25, 0.3) is 0 Å². The van der Waals surface area contributed by atoms with Crippen LogP contribution in [-0.4, -0.2) is 23.4 Å². The van der Waals surface area contributed by atoms with Gasteiger partial charge < -0.3 is 9.84 Å². The highest BCUT2D eigenvalue weighted by Gasteiger charge is 2.47. The molecule has 3 atom stereocenters. The molecule has 1 heterocycles. The SMILES string of the molecule is [2H][C@@]12CC(O)C[C@]1([2H])O2. The van der Waals surface area contributed by atoms with Gasteiger partial charge in [-0.05, 0) is 0 Å². The zero-order valence-electron chi connectivity index (χ0n) is 5.85. The molecule has 1 saturated carbocycles. The molecule has 1 aliphatic carbocycles. The summed E-state index contributed by atoms with van der Waals surface area (Å²) in [5, 5.41) is 8.94. The largest absolute Gasteiger partial charge is 0.393 e. The minimum atomic E-state index is -1.06. The number of aliphatic hydroxyl groups is 1. The van der Waals surface area contributed by atoms with Gasteiger partial charge in [0.25, 0.3) is 0 Å². The summed E-state index contributed by atoms with van der Waals surface area (Å²) in [4.78, 5) is 0. The van der Waals surface area contributed by atoms with E-state index >= 15 is 0 Å². The third-order valence-corrected chi connectivity index (χ3v) is 1.36. The van der Waals surface area contributed by atoms with Crippen molar-refractivity contribution in [1.29, 1.82) is 0 Å². The van der Waals surface area contributed by atoms with Crippen LogP contribution >= 0.6 is 0 Å². The van der Waals surface area contributed by atoms with Gasteiger partial charge in [0.1, 0.15) is 0 Å². The first-order chi connectivity index (χ1) is 4.06. The van der Waals surface area contributed by atoms with Crippen LogP contribution in [0.4, 0.5) is 0 Å². The highest BCUT2D eigenvalue weighted by atomic mass is 16.6. The Bertz CT molecular complexity index is 147. The van der Waals surface area contributed by atoms with Crippen molar-refractivity contribution in [3.05, 3.63) is 0 Å². The van der Waals surface area contributed by atoms with E-state index in [-0.39, 0.29) is 0 Å². The maximum Gasteiger partial charge on any atom is 0.0867 e. The van der Waals surface area contributed by atoms with Crippen molar-refractivity contribution in [3.8, 4) is 0 Å². The molecule has 7 heavy (non-hydrogen) atoms. The number of ether oxygens (including phenoxy) is 1. The molecule has 1 aliphatic heterocycles. The van der Waals surface area contributed by atoms with E-state index in [0.29, 0.717) is 12.8 Å². The van der Waals surface area contributed by atoms with Crippen molar-refractivity contribution in [1.82, 2.24) is 0 Å². The highest BCUT2D eigenvalue weighted by Crippen LogP contribution is 2.38. The summed E-state index contributed by atoms with van der Waals surface area (Å²) in [5.41, 5.74) is 0. The van der Waals surface area contributed by atoms with Gasteiger partial charge in [-0.3, -0.25) is 0 Å². The Kier molecular flexibility index (Phi) is 0.355. The lowest BCUT2D eigenvalue weighted by Gasteiger charge is -1.97. The number of hydrogen-bond donors (Lipinski definition) is 1. The fourth-order valence-corrected chi connectivity index (χ4v) is 0.934. The Morgan fingerprint density at radius 2 is 2.14 bits per heavy atom. The number of aliphatic hydroxyl groups excluding tert-OH is 1. The lowest BCUT2D eigenvalue weighted by atomic mass is 10.3. The van der Waals surface area contributed by atoms with Gasteiger partial charge in [0.05, 0.1) is 21.0 Å². The second kappa shape index (κ2) is 1.01. The van der Waals surface area contributed by atoms with Gasteiger partial charge in [-0.25, -0.2) is 0 Å². The van der Waals surface area contributed by atoms with Crippen molar-refractivity contribution in [2.45, 2.75) is 31.1 Å².